The fourth-order valence-electron chi connectivity index (χ4n) is 2.67. The van der Waals surface area contributed by atoms with Gasteiger partial charge in [0.05, 0.1) is 6.42 Å². The highest BCUT2D eigenvalue weighted by atomic mass is 19.1. The van der Waals surface area contributed by atoms with Gasteiger partial charge in [-0.05, 0) is 37.1 Å². The van der Waals surface area contributed by atoms with Gasteiger partial charge in [0.2, 0.25) is 11.8 Å². The summed E-state index contributed by atoms with van der Waals surface area (Å²) in [4.78, 5) is 26.6. The maximum absolute atomic E-state index is 14.1. The minimum absolute atomic E-state index is 0.000129. The number of nitrogens with one attached hydrogen (secondary N) is 1. The molecule has 0 bridgehead atoms. The maximum atomic E-state index is 14.1. The molecule has 6 heteroatoms. The molecule has 1 atom stereocenters. The van der Waals surface area contributed by atoms with Crippen LogP contribution in [0.15, 0.2) is 48.5 Å². The fourth-order valence-corrected chi connectivity index (χ4v) is 2.67. The number of amides is 2. The van der Waals surface area contributed by atoms with Crippen LogP contribution < -0.4 is 5.32 Å². The molecular formula is C21H24F2N2O2. The number of benzene rings is 2. The van der Waals surface area contributed by atoms with Crippen molar-refractivity contribution >= 4 is 11.8 Å². The van der Waals surface area contributed by atoms with Gasteiger partial charge in [-0.3, -0.25) is 9.59 Å². The summed E-state index contributed by atoms with van der Waals surface area (Å²) in [6.07, 6.45) is 0.773. The van der Waals surface area contributed by atoms with Crippen molar-refractivity contribution in [3.8, 4) is 0 Å². The number of nitrogens with zero attached hydrogens (tertiary/aromatic N) is 1. The van der Waals surface area contributed by atoms with Gasteiger partial charge in [0, 0.05) is 18.7 Å². The lowest BCUT2D eigenvalue weighted by Gasteiger charge is -2.29. The molecule has 0 aliphatic carbocycles. The summed E-state index contributed by atoms with van der Waals surface area (Å²) in [5.74, 6) is -1.44. The van der Waals surface area contributed by atoms with Crippen molar-refractivity contribution in [1.82, 2.24) is 10.2 Å². The third kappa shape index (κ3) is 5.88. The van der Waals surface area contributed by atoms with E-state index < -0.39 is 11.9 Å². The lowest BCUT2D eigenvalue weighted by Crippen LogP contribution is -2.48. The smallest absolute Gasteiger partial charge is 0.242 e. The van der Waals surface area contributed by atoms with E-state index in [1.807, 2.05) is 6.92 Å². The first-order chi connectivity index (χ1) is 12.9. The molecule has 2 aromatic rings. The van der Waals surface area contributed by atoms with Gasteiger partial charge < -0.3 is 10.2 Å². The second-order valence-electron chi connectivity index (χ2n) is 6.38. The number of halogens is 2. The van der Waals surface area contributed by atoms with E-state index in [1.54, 1.807) is 25.1 Å². The second-order valence-corrected chi connectivity index (χ2v) is 6.38. The molecule has 1 N–H and O–H groups in total. The van der Waals surface area contributed by atoms with Gasteiger partial charge in [-0.25, -0.2) is 8.78 Å². The molecule has 0 aliphatic heterocycles. The van der Waals surface area contributed by atoms with Crippen molar-refractivity contribution in [2.45, 2.75) is 39.3 Å². The van der Waals surface area contributed by atoms with E-state index in [0.717, 1.165) is 6.42 Å². The Kier molecular flexibility index (Phi) is 7.46. The van der Waals surface area contributed by atoms with Crippen LogP contribution in [0.4, 0.5) is 8.78 Å². The SMILES string of the molecule is CCCNC(=O)C(C)N(Cc1ccccc1F)C(=O)Cc1ccc(F)cc1. The highest BCUT2D eigenvalue weighted by Crippen LogP contribution is 2.15. The van der Waals surface area contributed by atoms with Gasteiger partial charge in [0.1, 0.15) is 17.7 Å². The normalized spacial score (nSPS) is 11.7. The predicted octanol–water partition coefficient (Wildman–Crippen LogP) is 3.45. The topological polar surface area (TPSA) is 49.4 Å². The van der Waals surface area contributed by atoms with Crippen molar-refractivity contribution in [1.29, 1.82) is 0 Å². The molecule has 0 saturated carbocycles. The summed E-state index contributed by atoms with van der Waals surface area (Å²) in [5.41, 5.74) is 0.959. The number of carbonyl (C=O) groups excluding carboxylic acids is 2. The lowest BCUT2D eigenvalue weighted by molar-refractivity contribution is -0.140. The molecule has 2 amide bonds. The van der Waals surface area contributed by atoms with Crippen LogP contribution in [0.1, 0.15) is 31.4 Å². The quantitative estimate of drug-likeness (QED) is 0.769. The van der Waals surface area contributed by atoms with E-state index >= 15 is 0 Å². The predicted molar refractivity (Wildman–Crippen MR) is 99.8 cm³/mol. The summed E-state index contributed by atoms with van der Waals surface area (Å²) in [7, 11) is 0. The van der Waals surface area contributed by atoms with Crippen LogP contribution in [0.3, 0.4) is 0 Å². The summed E-state index contributed by atoms with van der Waals surface area (Å²) in [5, 5.41) is 2.76. The van der Waals surface area contributed by atoms with Gasteiger partial charge in [-0.2, -0.15) is 0 Å². The van der Waals surface area contributed by atoms with E-state index in [9.17, 15) is 18.4 Å². The zero-order valence-corrected chi connectivity index (χ0v) is 15.5. The van der Waals surface area contributed by atoms with E-state index in [0.29, 0.717) is 17.7 Å². The Bertz CT molecular complexity index is 778. The van der Waals surface area contributed by atoms with Crippen LogP contribution in [0.25, 0.3) is 0 Å². The summed E-state index contributed by atoms with van der Waals surface area (Å²) >= 11 is 0. The summed E-state index contributed by atoms with van der Waals surface area (Å²) in [6.45, 7) is 4.03. The van der Waals surface area contributed by atoms with Crippen molar-refractivity contribution in [3.05, 3.63) is 71.3 Å². The number of rotatable bonds is 8. The molecule has 2 rings (SSSR count). The Hall–Kier alpha value is -2.76. The highest BCUT2D eigenvalue weighted by molar-refractivity contribution is 5.88. The number of hydrogen-bond donors (Lipinski definition) is 1. The average Bonchev–Trinajstić information content (AvgIpc) is 2.66. The molecule has 0 saturated heterocycles. The molecule has 0 aromatic heterocycles. The van der Waals surface area contributed by atoms with Gasteiger partial charge in [0.25, 0.3) is 0 Å². The molecule has 0 radical (unpaired) electrons. The zero-order chi connectivity index (χ0) is 19.8. The number of hydrogen-bond acceptors (Lipinski definition) is 2. The molecule has 4 nitrogen and oxygen atoms in total. The van der Waals surface area contributed by atoms with Crippen molar-refractivity contribution in [2.75, 3.05) is 6.54 Å². The first kappa shape index (κ1) is 20.6. The molecule has 2 aromatic carbocycles. The van der Waals surface area contributed by atoms with E-state index in [1.165, 1.54) is 35.2 Å². The molecule has 0 fully saturated rings. The Morgan fingerprint density at radius 1 is 1.07 bits per heavy atom. The molecule has 0 heterocycles. The second kappa shape index (κ2) is 9.80. The average molecular weight is 374 g/mol. The van der Waals surface area contributed by atoms with Gasteiger partial charge in [-0.15, -0.1) is 0 Å². The standard InChI is InChI=1S/C21H24F2N2O2/c1-3-12-24-21(27)15(2)25(14-17-6-4-5-7-19(17)23)20(26)13-16-8-10-18(22)11-9-16/h4-11,15H,3,12-14H2,1-2H3,(H,24,27). The van der Waals surface area contributed by atoms with Crippen LogP contribution in [-0.2, 0) is 22.6 Å². The molecule has 144 valence electrons. The fraction of sp³-hybridized carbons (Fsp3) is 0.333. The first-order valence-electron chi connectivity index (χ1n) is 8.97. The zero-order valence-electron chi connectivity index (χ0n) is 15.5. The largest absolute Gasteiger partial charge is 0.354 e. The van der Waals surface area contributed by atoms with Gasteiger partial charge in [-0.1, -0.05) is 37.3 Å². The number of carbonyl (C=O) groups is 2. The Labute approximate surface area is 158 Å². The van der Waals surface area contributed by atoms with E-state index in [-0.39, 0.29) is 30.6 Å². The van der Waals surface area contributed by atoms with E-state index in [2.05, 4.69) is 5.32 Å². The minimum atomic E-state index is -0.760. The molecule has 1 unspecified atom stereocenters. The summed E-state index contributed by atoms with van der Waals surface area (Å²) < 4.78 is 27.1. The van der Waals surface area contributed by atoms with Crippen LogP contribution in [0.2, 0.25) is 0 Å². The maximum Gasteiger partial charge on any atom is 0.242 e. The van der Waals surface area contributed by atoms with Crippen molar-refractivity contribution < 1.29 is 18.4 Å². The van der Waals surface area contributed by atoms with Gasteiger partial charge in [0.15, 0.2) is 0 Å². The van der Waals surface area contributed by atoms with Crippen LogP contribution >= 0.6 is 0 Å². The minimum Gasteiger partial charge on any atom is -0.354 e. The van der Waals surface area contributed by atoms with Crippen LogP contribution in [0.5, 0.6) is 0 Å². The molecular weight excluding hydrogens is 350 g/mol. The Morgan fingerprint density at radius 2 is 1.74 bits per heavy atom. The van der Waals surface area contributed by atoms with E-state index in [4.69, 9.17) is 0 Å². The highest BCUT2D eigenvalue weighted by Gasteiger charge is 2.26. The third-order valence-corrected chi connectivity index (χ3v) is 4.28. The molecule has 0 spiro atoms. The van der Waals surface area contributed by atoms with Crippen LogP contribution in [-0.4, -0.2) is 29.3 Å². The molecule has 27 heavy (non-hydrogen) atoms. The first-order valence-corrected chi connectivity index (χ1v) is 8.97. The lowest BCUT2D eigenvalue weighted by atomic mass is 10.1. The van der Waals surface area contributed by atoms with Crippen LogP contribution in [0, 0.1) is 11.6 Å². The molecule has 0 aliphatic rings. The Morgan fingerprint density at radius 3 is 2.37 bits per heavy atom. The third-order valence-electron chi connectivity index (χ3n) is 4.28. The van der Waals surface area contributed by atoms with Crippen molar-refractivity contribution in [3.63, 3.8) is 0 Å². The summed E-state index contributed by atoms with van der Waals surface area (Å²) in [6, 6.07) is 11.0. The Balaban J connectivity index is 2.21. The van der Waals surface area contributed by atoms with Crippen molar-refractivity contribution in [2.24, 2.45) is 0 Å². The monoisotopic (exact) mass is 374 g/mol. The van der Waals surface area contributed by atoms with Gasteiger partial charge >= 0.3 is 0 Å².